The van der Waals surface area contributed by atoms with Crippen molar-refractivity contribution in [2.24, 2.45) is 0 Å². The molecular weight excluding hydrogens is 335 g/mol. The summed E-state index contributed by atoms with van der Waals surface area (Å²) in [4.78, 5) is 12.3. The monoisotopic (exact) mass is 342 g/mol. The first-order valence-electron chi connectivity index (χ1n) is 5.54. The Morgan fingerprint density at radius 1 is 1.16 bits per heavy atom. The van der Waals surface area contributed by atoms with Crippen LogP contribution in [0.1, 0.15) is 16.1 Å². The predicted molar refractivity (Wildman–Crippen MR) is 72.3 cm³/mol. The fourth-order valence-corrected chi connectivity index (χ4v) is 2.35. The molecule has 2 aromatic rings. The molecule has 6 heteroatoms. The lowest BCUT2D eigenvalue weighted by Gasteiger charge is -2.19. The van der Waals surface area contributed by atoms with Crippen LogP contribution in [0.15, 0.2) is 33.4 Å². The Kier molecular flexibility index (Phi) is 3.24. The molecule has 0 radical (unpaired) electrons. The second kappa shape index (κ2) is 4.90. The number of carbonyl (C=O) groups excluding carboxylic acids is 1. The maximum atomic E-state index is 12.3. The number of halogens is 2. The third-order valence-corrected chi connectivity index (χ3v) is 3.41. The molecule has 1 aliphatic heterocycles. The van der Waals surface area contributed by atoms with Gasteiger partial charge in [0.25, 0.3) is 0 Å². The summed E-state index contributed by atoms with van der Waals surface area (Å²) in [7, 11) is 0. The first-order chi connectivity index (χ1) is 9.15. The van der Waals surface area contributed by atoms with Crippen molar-refractivity contribution in [1.82, 2.24) is 0 Å². The molecule has 1 aromatic heterocycles. The summed E-state index contributed by atoms with van der Waals surface area (Å²) in [6.45, 7) is 0.927. The Morgan fingerprint density at radius 2 is 1.84 bits per heavy atom. The van der Waals surface area contributed by atoms with Crippen LogP contribution in [-0.2, 0) is 0 Å². The first kappa shape index (κ1) is 12.6. The molecule has 0 fully saturated rings. The van der Waals surface area contributed by atoms with Gasteiger partial charge in [0, 0.05) is 11.6 Å². The lowest BCUT2D eigenvalue weighted by atomic mass is 10.1. The van der Waals surface area contributed by atoms with Crippen molar-refractivity contribution >= 4 is 33.3 Å². The van der Waals surface area contributed by atoms with Gasteiger partial charge in [-0.3, -0.25) is 4.79 Å². The number of furan rings is 1. The highest BCUT2D eigenvalue weighted by Gasteiger charge is 2.21. The van der Waals surface area contributed by atoms with Gasteiger partial charge in [-0.25, -0.2) is 0 Å². The lowest BCUT2D eigenvalue weighted by molar-refractivity contribution is 0.101. The van der Waals surface area contributed by atoms with Crippen LogP contribution >= 0.6 is 27.5 Å². The highest BCUT2D eigenvalue weighted by Crippen LogP contribution is 2.36. The zero-order valence-corrected chi connectivity index (χ0v) is 12.0. The standard InChI is InChI=1S/C13H8BrClO4/c14-12-2-1-9(19-12)13(16)7-5-10-11(6-8(7)15)18-4-3-17-10/h1-2,5-6H,3-4H2. The van der Waals surface area contributed by atoms with Gasteiger partial charge in [0.1, 0.15) is 13.2 Å². The predicted octanol–water partition coefficient (Wildman–Crippen LogP) is 3.70. The number of hydrogen-bond acceptors (Lipinski definition) is 4. The molecule has 98 valence electrons. The van der Waals surface area contributed by atoms with Crippen LogP contribution in [0, 0.1) is 0 Å². The average Bonchev–Trinajstić information content (AvgIpc) is 2.84. The van der Waals surface area contributed by atoms with E-state index in [1.54, 1.807) is 24.3 Å². The molecule has 0 unspecified atom stereocenters. The summed E-state index contributed by atoms with van der Waals surface area (Å²) in [6.07, 6.45) is 0. The third kappa shape index (κ3) is 2.35. The van der Waals surface area contributed by atoms with Gasteiger partial charge in [0.05, 0.1) is 5.02 Å². The van der Waals surface area contributed by atoms with Crippen LogP contribution in [0.4, 0.5) is 0 Å². The van der Waals surface area contributed by atoms with Crippen LogP contribution in [-0.4, -0.2) is 19.0 Å². The zero-order chi connectivity index (χ0) is 13.4. The summed E-state index contributed by atoms with van der Waals surface area (Å²) in [5.74, 6) is 0.983. The van der Waals surface area contributed by atoms with E-state index in [1.807, 2.05) is 0 Å². The fourth-order valence-electron chi connectivity index (χ4n) is 1.81. The van der Waals surface area contributed by atoms with Crippen LogP contribution < -0.4 is 9.47 Å². The second-order valence-corrected chi connectivity index (χ2v) is 5.10. The number of fused-ring (bicyclic) bond motifs is 1. The minimum Gasteiger partial charge on any atom is -0.486 e. The van der Waals surface area contributed by atoms with Crippen molar-refractivity contribution in [3.8, 4) is 11.5 Å². The minimum absolute atomic E-state index is 0.213. The number of hydrogen-bond donors (Lipinski definition) is 0. The summed E-state index contributed by atoms with van der Waals surface area (Å²) < 4.78 is 16.6. The number of carbonyl (C=O) groups is 1. The van der Waals surface area contributed by atoms with Gasteiger partial charge >= 0.3 is 0 Å². The van der Waals surface area contributed by atoms with Gasteiger partial charge in [-0.1, -0.05) is 11.6 Å². The topological polar surface area (TPSA) is 48.7 Å². The van der Waals surface area contributed by atoms with Gasteiger partial charge < -0.3 is 13.9 Å². The molecule has 0 bridgehead atoms. The van der Waals surface area contributed by atoms with Crippen LogP contribution in [0.2, 0.25) is 5.02 Å². The normalized spacial score (nSPS) is 13.4. The summed E-state index contributed by atoms with van der Waals surface area (Å²) in [5, 5.41) is 0.307. The highest BCUT2D eigenvalue weighted by atomic mass is 79.9. The zero-order valence-electron chi connectivity index (χ0n) is 9.61. The van der Waals surface area contributed by atoms with Crippen molar-refractivity contribution in [1.29, 1.82) is 0 Å². The van der Waals surface area contributed by atoms with Crippen molar-refractivity contribution in [2.75, 3.05) is 13.2 Å². The highest BCUT2D eigenvalue weighted by molar-refractivity contribution is 9.10. The molecular formula is C13H8BrClO4. The Morgan fingerprint density at radius 3 is 2.47 bits per heavy atom. The second-order valence-electron chi connectivity index (χ2n) is 3.91. The summed E-state index contributed by atoms with van der Waals surface area (Å²) in [5.41, 5.74) is 0.327. The molecule has 1 aromatic carbocycles. The van der Waals surface area contributed by atoms with E-state index in [1.165, 1.54) is 0 Å². The molecule has 1 aliphatic rings. The fraction of sp³-hybridized carbons (Fsp3) is 0.154. The average molecular weight is 344 g/mol. The Bertz CT molecular complexity index is 650. The Balaban J connectivity index is 2.03. The number of benzene rings is 1. The SMILES string of the molecule is O=C(c1ccc(Br)o1)c1cc2c(cc1Cl)OCCO2. The molecule has 0 saturated heterocycles. The van der Waals surface area contributed by atoms with Crippen molar-refractivity contribution in [3.63, 3.8) is 0 Å². The quantitative estimate of drug-likeness (QED) is 0.780. The summed E-state index contributed by atoms with van der Waals surface area (Å²) >= 11 is 9.26. The molecule has 0 amide bonds. The van der Waals surface area contributed by atoms with E-state index < -0.39 is 0 Å². The molecule has 2 heterocycles. The van der Waals surface area contributed by atoms with Crippen molar-refractivity contribution in [3.05, 3.63) is 45.3 Å². The van der Waals surface area contributed by atoms with Gasteiger partial charge in [0.15, 0.2) is 21.9 Å². The van der Waals surface area contributed by atoms with E-state index in [0.29, 0.717) is 40.0 Å². The van der Waals surface area contributed by atoms with Gasteiger partial charge in [0.2, 0.25) is 5.78 Å². The number of ketones is 1. The van der Waals surface area contributed by atoms with Crippen LogP contribution in [0.3, 0.4) is 0 Å². The Hall–Kier alpha value is -1.46. The number of rotatable bonds is 2. The molecule has 19 heavy (non-hydrogen) atoms. The van der Waals surface area contributed by atoms with E-state index in [2.05, 4.69) is 15.9 Å². The smallest absolute Gasteiger partial charge is 0.229 e. The third-order valence-electron chi connectivity index (χ3n) is 2.67. The molecule has 0 aliphatic carbocycles. The summed E-state index contributed by atoms with van der Waals surface area (Å²) in [6, 6.07) is 6.40. The van der Waals surface area contributed by atoms with Gasteiger partial charge in [-0.05, 0) is 34.1 Å². The van der Waals surface area contributed by atoms with E-state index in [9.17, 15) is 4.79 Å². The molecule has 0 saturated carbocycles. The Labute approximate surface area is 122 Å². The van der Waals surface area contributed by atoms with Gasteiger partial charge in [-0.15, -0.1) is 0 Å². The van der Waals surface area contributed by atoms with E-state index >= 15 is 0 Å². The maximum Gasteiger partial charge on any atom is 0.229 e. The van der Waals surface area contributed by atoms with E-state index in [-0.39, 0.29) is 11.5 Å². The molecule has 0 atom stereocenters. The first-order valence-corrected chi connectivity index (χ1v) is 6.71. The van der Waals surface area contributed by atoms with E-state index in [4.69, 9.17) is 25.5 Å². The van der Waals surface area contributed by atoms with Gasteiger partial charge in [-0.2, -0.15) is 0 Å². The lowest BCUT2D eigenvalue weighted by Crippen LogP contribution is -2.16. The van der Waals surface area contributed by atoms with Crippen LogP contribution in [0.5, 0.6) is 11.5 Å². The largest absolute Gasteiger partial charge is 0.486 e. The molecule has 4 nitrogen and oxygen atoms in total. The minimum atomic E-state index is -0.298. The molecule has 0 N–H and O–H groups in total. The molecule has 3 rings (SSSR count). The number of ether oxygens (including phenoxy) is 2. The van der Waals surface area contributed by atoms with Crippen molar-refractivity contribution < 1.29 is 18.7 Å². The van der Waals surface area contributed by atoms with Crippen LogP contribution in [0.25, 0.3) is 0 Å². The maximum absolute atomic E-state index is 12.3. The van der Waals surface area contributed by atoms with Crippen molar-refractivity contribution in [2.45, 2.75) is 0 Å². The van der Waals surface area contributed by atoms with E-state index in [0.717, 1.165) is 0 Å². The molecule has 0 spiro atoms.